The van der Waals surface area contributed by atoms with E-state index in [9.17, 15) is 14.9 Å². The second-order valence-corrected chi connectivity index (χ2v) is 5.57. The third-order valence-corrected chi connectivity index (χ3v) is 3.09. The molecule has 2 aromatic rings. The van der Waals surface area contributed by atoms with Gasteiger partial charge in [-0.1, -0.05) is 0 Å². The molecule has 0 heterocycles. The molecule has 0 spiro atoms. The Bertz CT molecular complexity index is 770. The first-order valence-corrected chi connectivity index (χ1v) is 7.90. The van der Waals surface area contributed by atoms with Gasteiger partial charge in [-0.25, -0.2) is 4.79 Å². The number of carbonyl (C=O) groups excluding carboxylic acids is 1. The van der Waals surface area contributed by atoms with Crippen molar-refractivity contribution in [1.82, 2.24) is 0 Å². The van der Waals surface area contributed by atoms with Gasteiger partial charge in [-0.3, -0.25) is 15.5 Å². The Morgan fingerprint density at radius 3 is 2.42 bits per heavy atom. The molecule has 2 aromatic carbocycles. The fourth-order valence-electron chi connectivity index (χ4n) is 1.93. The molecule has 8 heteroatoms. The zero-order valence-electron chi connectivity index (χ0n) is 14.4. The van der Waals surface area contributed by atoms with Crippen molar-refractivity contribution < 1.29 is 19.2 Å². The van der Waals surface area contributed by atoms with E-state index in [0.29, 0.717) is 11.4 Å². The Morgan fingerprint density at radius 1 is 1.19 bits per heavy atom. The van der Waals surface area contributed by atoms with Crippen LogP contribution in [-0.4, -0.2) is 29.8 Å². The SMILES string of the molecule is CC(C)OC(=O)COc1ccc(C=NNc2ccc([N+](=O)[O-])cc2)cc1. The number of nitrogens with zero attached hydrogens (tertiary/aromatic N) is 2. The Labute approximate surface area is 150 Å². The number of hydrogen-bond donors (Lipinski definition) is 1. The summed E-state index contributed by atoms with van der Waals surface area (Å²) < 4.78 is 10.3. The maximum absolute atomic E-state index is 11.4. The minimum Gasteiger partial charge on any atom is -0.482 e. The average molecular weight is 357 g/mol. The highest BCUT2D eigenvalue weighted by molar-refractivity contribution is 5.80. The summed E-state index contributed by atoms with van der Waals surface area (Å²) in [5.74, 6) is 0.129. The van der Waals surface area contributed by atoms with Crippen LogP contribution in [0.3, 0.4) is 0 Å². The van der Waals surface area contributed by atoms with Gasteiger partial charge in [0, 0.05) is 12.1 Å². The predicted molar refractivity (Wildman–Crippen MR) is 97.5 cm³/mol. The smallest absolute Gasteiger partial charge is 0.344 e. The van der Waals surface area contributed by atoms with Gasteiger partial charge in [0.2, 0.25) is 0 Å². The zero-order valence-corrected chi connectivity index (χ0v) is 14.4. The van der Waals surface area contributed by atoms with Crippen LogP contribution in [0.25, 0.3) is 0 Å². The van der Waals surface area contributed by atoms with Crippen LogP contribution < -0.4 is 10.2 Å². The second-order valence-electron chi connectivity index (χ2n) is 5.57. The van der Waals surface area contributed by atoms with Crippen molar-refractivity contribution in [3.63, 3.8) is 0 Å². The molecule has 0 saturated heterocycles. The van der Waals surface area contributed by atoms with Crippen molar-refractivity contribution >= 4 is 23.6 Å². The number of hydrogen-bond acceptors (Lipinski definition) is 7. The number of anilines is 1. The summed E-state index contributed by atoms with van der Waals surface area (Å²) in [6, 6.07) is 12.9. The summed E-state index contributed by atoms with van der Waals surface area (Å²) in [6.07, 6.45) is 1.42. The lowest BCUT2D eigenvalue weighted by atomic mass is 10.2. The minimum absolute atomic E-state index is 0.0207. The van der Waals surface area contributed by atoms with Crippen molar-refractivity contribution in [3.8, 4) is 5.75 Å². The van der Waals surface area contributed by atoms with E-state index in [1.165, 1.54) is 12.1 Å². The highest BCUT2D eigenvalue weighted by Crippen LogP contribution is 2.15. The molecular weight excluding hydrogens is 338 g/mol. The summed E-state index contributed by atoms with van der Waals surface area (Å²) in [5.41, 5.74) is 4.26. The van der Waals surface area contributed by atoms with Crippen LogP contribution in [0.5, 0.6) is 5.75 Å². The van der Waals surface area contributed by atoms with Crippen LogP contribution in [0.15, 0.2) is 53.6 Å². The van der Waals surface area contributed by atoms with E-state index in [1.54, 1.807) is 56.5 Å². The Morgan fingerprint density at radius 2 is 1.85 bits per heavy atom. The second kappa shape index (κ2) is 9.16. The number of benzene rings is 2. The maximum atomic E-state index is 11.4. The topological polar surface area (TPSA) is 103 Å². The fourth-order valence-corrected chi connectivity index (χ4v) is 1.93. The molecule has 0 aromatic heterocycles. The Kier molecular flexibility index (Phi) is 6.67. The van der Waals surface area contributed by atoms with Crippen LogP contribution in [0.1, 0.15) is 19.4 Å². The van der Waals surface area contributed by atoms with Crippen LogP contribution in [0.4, 0.5) is 11.4 Å². The molecular formula is C18H19N3O5. The van der Waals surface area contributed by atoms with Gasteiger partial charge in [0.15, 0.2) is 6.61 Å². The normalized spacial score (nSPS) is 10.7. The quantitative estimate of drug-likeness (QED) is 0.336. The largest absolute Gasteiger partial charge is 0.482 e. The van der Waals surface area contributed by atoms with Gasteiger partial charge < -0.3 is 9.47 Å². The molecule has 136 valence electrons. The molecule has 2 rings (SSSR count). The molecule has 0 unspecified atom stereocenters. The predicted octanol–water partition coefficient (Wildman–Crippen LogP) is 3.37. The number of hydrazone groups is 1. The van der Waals surface area contributed by atoms with Crippen molar-refractivity contribution in [2.75, 3.05) is 12.0 Å². The number of nitro groups is 1. The zero-order chi connectivity index (χ0) is 18.9. The highest BCUT2D eigenvalue weighted by Gasteiger charge is 2.06. The number of nitro benzene ring substituents is 1. The first-order valence-electron chi connectivity index (χ1n) is 7.90. The summed E-state index contributed by atoms with van der Waals surface area (Å²) >= 11 is 0. The summed E-state index contributed by atoms with van der Waals surface area (Å²) in [5, 5.41) is 14.7. The van der Waals surface area contributed by atoms with Crippen LogP contribution in [0.2, 0.25) is 0 Å². The number of nitrogens with one attached hydrogen (secondary N) is 1. The molecule has 0 aliphatic carbocycles. The van der Waals surface area contributed by atoms with Crippen LogP contribution in [0, 0.1) is 10.1 Å². The lowest BCUT2D eigenvalue weighted by Gasteiger charge is -2.09. The maximum Gasteiger partial charge on any atom is 0.344 e. The lowest BCUT2D eigenvalue weighted by molar-refractivity contribution is -0.384. The summed E-state index contributed by atoms with van der Waals surface area (Å²) in [6.45, 7) is 3.40. The van der Waals surface area contributed by atoms with Crippen molar-refractivity contribution in [2.24, 2.45) is 5.10 Å². The third-order valence-electron chi connectivity index (χ3n) is 3.09. The van der Waals surface area contributed by atoms with E-state index in [1.807, 2.05) is 0 Å². The molecule has 0 saturated carbocycles. The molecule has 0 aliphatic rings. The summed E-state index contributed by atoms with van der Waals surface area (Å²) in [4.78, 5) is 21.5. The number of ether oxygens (including phenoxy) is 2. The van der Waals surface area contributed by atoms with E-state index in [-0.39, 0.29) is 18.4 Å². The van der Waals surface area contributed by atoms with Gasteiger partial charge in [-0.2, -0.15) is 5.10 Å². The highest BCUT2D eigenvalue weighted by atomic mass is 16.6. The molecule has 26 heavy (non-hydrogen) atoms. The van der Waals surface area contributed by atoms with Crippen LogP contribution >= 0.6 is 0 Å². The average Bonchev–Trinajstić information content (AvgIpc) is 2.61. The van der Waals surface area contributed by atoms with E-state index >= 15 is 0 Å². The molecule has 8 nitrogen and oxygen atoms in total. The van der Waals surface area contributed by atoms with E-state index < -0.39 is 10.9 Å². The van der Waals surface area contributed by atoms with Gasteiger partial charge in [-0.15, -0.1) is 0 Å². The molecule has 0 bridgehead atoms. The van der Waals surface area contributed by atoms with E-state index in [4.69, 9.17) is 9.47 Å². The van der Waals surface area contributed by atoms with Gasteiger partial charge in [0.1, 0.15) is 5.75 Å². The van der Waals surface area contributed by atoms with Crippen molar-refractivity contribution in [3.05, 3.63) is 64.2 Å². The Balaban J connectivity index is 1.83. The standard InChI is InChI=1S/C18H19N3O5/c1-13(2)26-18(22)12-25-17-9-3-14(4-10-17)11-19-20-15-5-7-16(8-6-15)21(23)24/h3-11,13,20H,12H2,1-2H3. The van der Waals surface area contributed by atoms with Gasteiger partial charge >= 0.3 is 5.97 Å². The molecule has 0 aliphatic heterocycles. The van der Waals surface area contributed by atoms with E-state index in [2.05, 4.69) is 10.5 Å². The first kappa shape index (κ1) is 18.9. The summed E-state index contributed by atoms with van der Waals surface area (Å²) in [7, 11) is 0. The van der Waals surface area contributed by atoms with Gasteiger partial charge in [-0.05, 0) is 55.8 Å². The monoisotopic (exact) mass is 357 g/mol. The molecule has 0 atom stereocenters. The molecule has 1 N–H and O–H groups in total. The minimum atomic E-state index is -0.459. The number of rotatable bonds is 8. The van der Waals surface area contributed by atoms with E-state index in [0.717, 1.165) is 5.56 Å². The lowest BCUT2D eigenvalue weighted by Crippen LogP contribution is -2.18. The van der Waals surface area contributed by atoms with Gasteiger partial charge in [0.05, 0.1) is 22.9 Å². The number of carbonyl (C=O) groups is 1. The fraction of sp³-hybridized carbons (Fsp3) is 0.222. The first-order chi connectivity index (χ1) is 12.4. The van der Waals surface area contributed by atoms with Crippen molar-refractivity contribution in [1.29, 1.82) is 0 Å². The number of non-ortho nitro benzene ring substituents is 1. The molecule has 0 amide bonds. The van der Waals surface area contributed by atoms with Crippen LogP contribution in [-0.2, 0) is 9.53 Å². The van der Waals surface area contributed by atoms with Crippen molar-refractivity contribution in [2.45, 2.75) is 20.0 Å². The van der Waals surface area contributed by atoms with Gasteiger partial charge in [0.25, 0.3) is 5.69 Å². The molecule has 0 radical (unpaired) electrons. The third kappa shape index (κ3) is 6.23. The molecule has 0 fully saturated rings. The number of esters is 1. The Hall–Kier alpha value is -3.42.